The van der Waals surface area contributed by atoms with Crippen molar-refractivity contribution in [2.75, 3.05) is 44.1 Å². The van der Waals surface area contributed by atoms with Gasteiger partial charge in [-0.05, 0) is 19.3 Å². The van der Waals surface area contributed by atoms with Crippen LogP contribution in [-0.2, 0) is 14.6 Å². The summed E-state index contributed by atoms with van der Waals surface area (Å²) in [6.45, 7) is 2.75. The highest BCUT2D eigenvalue weighted by Crippen LogP contribution is 2.34. The average Bonchev–Trinajstić information content (AvgIpc) is 2.64. The van der Waals surface area contributed by atoms with Gasteiger partial charge in [-0.3, -0.25) is 4.90 Å². The highest BCUT2D eigenvalue weighted by molar-refractivity contribution is 8.00. The number of nitrogens with two attached hydrogens (primary N) is 1. The zero-order valence-corrected chi connectivity index (χ0v) is 13.1. The van der Waals surface area contributed by atoms with Gasteiger partial charge < -0.3 is 10.5 Å². The van der Waals surface area contributed by atoms with Gasteiger partial charge in [-0.2, -0.15) is 11.8 Å². The zero-order chi connectivity index (χ0) is 13.9. The predicted octanol–water partition coefficient (Wildman–Crippen LogP) is 0.304. The molecule has 2 unspecified atom stereocenters. The molecule has 2 heterocycles. The molecule has 0 aromatic carbocycles. The summed E-state index contributed by atoms with van der Waals surface area (Å²) < 4.78 is 29.6. The van der Waals surface area contributed by atoms with E-state index in [-0.39, 0.29) is 5.54 Å². The van der Waals surface area contributed by atoms with Crippen LogP contribution in [0, 0.1) is 0 Å². The number of sulfone groups is 1. The quantitative estimate of drug-likeness (QED) is 0.809. The summed E-state index contributed by atoms with van der Waals surface area (Å²) in [6.07, 6.45) is 4.06. The Bertz CT molecular complexity index is 392. The molecule has 2 aliphatic rings. The molecule has 0 saturated carbocycles. The Morgan fingerprint density at radius 3 is 2.89 bits per heavy atom. The molecule has 0 spiro atoms. The minimum absolute atomic E-state index is 0.203. The van der Waals surface area contributed by atoms with Gasteiger partial charge in [-0.15, -0.1) is 0 Å². The summed E-state index contributed by atoms with van der Waals surface area (Å²) >= 11 is 1.72. The Morgan fingerprint density at radius 1 is 1.42 bits per heavy atom. The lowest BCUT2D eigenvalue weighted by atomic mass is 9.88. The van der Waals surface area contributed by atoms with Gasteiger partial charge in [0, 0.05) is 49.6 Å². The molecule has 2 N–H and O–H groups in total. The topological polar surface area (TPSA) is 72.6 Å². The lowest BCUT2D eigenvalue weighted by Gasteiger charge is -2.48. The number of hydrogen-bond donors (Lipinski definition) is 1. The molecular formula is C12H24N2O3S2. The van der Waals surface area contributed by atoms with Crippen molar-refractivity contribution in [1.29, 1.82) is 0 Å². The lowest BCUT2D eigenvalue weighted by molar-refractivity contribution is 0.0635. The molecule has 5 nitrogen and oxygen atoms in total. The predicted molar refractivity (Wildman–Crippen MR) is 79.1 cm³/mol. The van der Waals surface area contributed by atoms with Gasteiger partial charge in [0.05, 0.1) is 0 Å². The van der Waals surface area contributed by atoms with Crippen LogP contribution >= 0.6 is 11.8 Å². The number of nitrogens with zero attached hydrogens (tertiary/aromatic N) is 1. The summed E-state index contributed by atoms with van der Waals surface area (Å²) in [7, 11) is -3.08. The van der Waals surface area contributed by atoms with Gasteiger partial charge >= 0.3 is 0 Å². The van der Waals surface area contributed by atoms with E-state index in [0.717, 1.165) is 38.2 Å². The van der Waals surface area contributed by atoms with Crippen LogP contribution in [0.15, 0.2) is 0 Å². The molecule has 0 aliphatic carbocycles. The number of ether oxygens (including phenoxy) is 1. The van der Waals surface area contributed by atoms with Gasteiger partial charge in [0.15, 0.2) is 9.84 Å². The summed E-state index contributed by atoms with van der Waals surface area (Å²) in [5, 5.41) is -0.395. The van der Waals surface area contributed by atoms with Crippen LogP contribution in [-0.4, -0.2) is 68.3 Å². The molecular weight excluding hydrogens is 284 g/mol. The van der Waals surface area contributed by atoms with E-state index < -0.39 is 15.2 Å². The standard InChI is InChI=1S/C12H24N2O3S2/c1-19(15,16)11-9-18-8-5-14(11)12(10-13)3-2-6-17-7-4-12/h11H,2-10,13H2,1H3. The molecule has 19 heavy (non-hydrogen) atoms. The van der Waals surface area contributed by atoms with Gasteiger partial charge in [-0.1, -0.05) is 0 Å². The molecule has 0 amide bonds. The minimum Gasteiger partial charge on any atom is -0.381 e. The van der Waals surface area contributed by atoms with E-state index in [2.05, 4.69) is 4.90 Å². The number of hydrogen-bond acceptors (Lipinski definition) is 6. The smallest absolute Gasteiger partial charge is 0.164 e. The van der Waals surface area contributed by atoms with Crippen LogP contribution in [0.5, 0.6) is 0 Å². The van der Waals surface area contributed by atoms with Gasteiger partial charge in [0.2, 0.25) is 0 Å². The lowest BCUT2D eigenvalue weighted by Crippen LogP contribution is -2.62. The molecule has 2 aliphatic heterocycles. The fourth-order valence-corrected chi connectivity index (χ4v) is 6.02. The minimum atomic E-state index is -3.08. The van der Waals surface area contributed by atoms with Gasteiger partial charge in [-0.25, -0.2) is 8.42 Å². The van der Waals surface area contributed by atoms with Gasteiger partial charge in [0.1, 0.15) is 5.37 Å². The van der Waals surface area contributed by atoms with Crippen LogP contribution in [0.2, 0.25) is 0 Å². The Kier molecular flexibility index (Phi) is 5.16. The van der Waals surface area contributed by atoms with Crippen molar-refractivity contribution < 1.29 is 13.2 Å². The molecule has 2 rings (SSSR count). The van der Waals surface area contributed by atoms with Crippen LogP contribution in [0.1, 0.15) is 19.3 Å². The van der Waals surface area contributed by atoms with E-state index in [1.54, 1.807) is 11.8 Å². The Labute approximate surface area is 120 Å². The average molecular weight is 308 g/mol. The van der Waals surface area contributed by atoms with Crippen LogP contribution in [0.4, 0.5) is 0 Å². The van der Waals surface area contributed by atoms with E-state index in [4.69, 9.17) is 10.5 Å². The van der Waals surface area contributed by atoms with Crippen molar-refractivity contribution in [2.45, 2.75) is 30.2 Å². The molecule has 112 valence electrons. The van der Waals surface area contributed by atoms with Crippen molar-refractivity contribution in [1.82, 2.24) is 4.90 Å². The van der Waals surface area contributed by atoms with Crippen molar-refractivity contribution in [3.8, 4) is 0 Å². The fraction of sp³-hybridized carbons (Fsp3) is 1.00. The zero-order valence-electron chi connectivity index (χ0n) is 11.5. The molecule has 0 radical (unpaired) electrons. The van der Waals surface area contributed by atoms with Crippen LogP contribution in [0.25, 0.3) is 0 Å². The van der Waals surface area contributed by atoms with Crippen LogP contribution < -0.4 is 5.73 Å². The SMILES string of the molecule is CS(=O)(=O)C1CSCCN1C1(CN)CCCOCC1. The first-order valence-electron chi connectivity index (χ1n) is 6.81. The molecule has 0 aromatic rings. The van der Waals surface area contributed by atoms with Crippen LogP contribution in [0.3, 0.4) is 0 Å². The third kappa shape index (κ3) is 3.44. The maximum atomic E-state index is 12.1. The van der Waals surface area contributed by atoms with E-state index >= 15 is 0 Å². The second-order valence-corrected chi connectivity index (χ2v) is 8.80. The maximum Gasteiger partial charge on any atom is 0.164 e. The first-order valence-corrected chi connectivity index (χ1v) is 9.92. The highest BCUT2D eigenvalue weighted by atomic mass is 32.2. The molecule has 2 atom stereocenters. The van der Waals surface area contributed by atoms with E-state index in [9.17, 15) is 8.42 Å². The van der Waals surface area contributed by atoms with E-state index in [0.29, 0.717) is 18.9 Å². The Hall–Kier alpha value is 0.180. The third-order valence-electron chi connectivity index (χ3n) is 4.21. The van der Waals surface area contributed by atoms with E-state index in [1.165, 1.54) is 6.26 Å². The molecule has 2 fully saturated rings. The second kappa shape index (κ2) is 6.30. The Morgan fingerprint density at radius 2 is 2.21 bits per heavy atom. The second-order valence-electron chi connectivity index (χ2n) is 5.45. The third-order valence-corrected chi connectivity index (χ3v) is 6.85. The number of rotatable bonds is 3. The maximum absolute atomic E-state index is 12.1. The summed E-state index contributed by atoms with van der Waals surface area (Å²) in [5.41, 5.74) is 5.84. The van der Waals surface area contributed by atoms with Crippen molar-refractivity contribution in [3.05, 3.63) is 0 Å². The summed E-state index contributed by atoms with van der Waals surface area (Å²) in [5.74, 6) is 1.63. The first-order chi connectivity index (χ1) is 8.99. The van der Waals surface area contributed by atoms with Crippen molar-refractivity contribution >= 4 is 21.6 Å². The monoisotopic (exact) mass is 308 g/mol. The highest BCUT2D eigenvalue weighted by Gasteiger charge is 2.44. The Balaban J connectivity index is 2.27. The van der Waals surface area contributed by atoms with E-state index in [1.807, 2.05) is 0 Å². The van der Waals surface area contributed by atoms with Gasteiger partial charge in [0.25, 0.3) is 0 Å². The largest absolute Gasteiger partial charge is 0.381 e. The molecule has 0 bridgehead atoms. The molecule has 7 heteroatoms. The first kappa shape index (κ1) is 15.6. The number of thioether (sulfide) groups is 1. The summed E-state index contributed by atoms with van der Waals surface area (Å²) in [6, 6.07) is 0. The van der Waals surface area contributed by atoms with Crippen molar-refractivity contribution in [3.63, 3.8) is 0 Å². The summed E-state index contributed by atoms with van der Waals surface area (Å²) in [4.78, 5) is 2.16. The fourth-order valence-electron chi connectivity index (χ4n) is 3.08. The normalized spacial score (nSPS) is 34.9. The van der Waals surface area contributed by atoms with Crippen molar-refractivity contribution in [2.24, 2.45) is 5.73 Å². The molecule has 2 saturated heterocycles. The molecule has 0 aromatic heterocycles.